The summed E-state index contributed by atoms with van der Waals surface area (Å²) in [6.07, 6.45) is 0. The Morgan fingerprint density at radius 2 is 1.81 bits per heavy atom. The molecule has 0 aliphatic carbocycles. The van der Waals surface area contributed by atoms with Gasteiger partial charge in [-0.1, -0.05) is 54.1 Å². The lowest BCUT2D eigenvalue weighted by Crippen LogP contribution is -2.29. The molecule has 0 radical (unpaired) electrons. The maximum Gasteiger partial charge on any atom is 0.312 e. The second kappa shape index (κ2) is 7.25. The minimum atomic E-state index is -0.827. The number of nitrogens with one attached hydrogen (secondary N) is 1. The predicted molar refractivity (Wildman–Crippen MR) is 84.7 cm³/mol. The van der Waals surface area contributed by atoms with Gasteiger partial charge in [-0.15, -0.1) is 0 Å². The van der Waals surface area contributed by atoms with Crippen molar-refractivity contribution in [2.75, 3.05) is 6.54 Å². The third-order valence-electron chi connectivity index (χ3n) is 3.48. The van der Waals surface area contributed by atoms with Crippen molar-refractivity contribution in [3.05, 3.63) is 70.7 Å². The fraction of sp³-hybridized carbons (Fsp3) is 0.235. The van der Waals surface area contributed by atoms with E-state index in [1.165, 1.54) is 0 Å². The molecule has 0 bridgehead atoms. The molecular weight excluding hydrogens is 286 g/mol. The molecule has 0 heterocycles. The summed E-state index contributed by atoms with van der Waals surface area (Å²) in [6.45, 7) is 2.36. The molecule has 21 heavy (non-hydrogen) atoms. The Morgan fingerprint density at radius 3 is 2.43 bits per heavy atom. The molecule has 2 N–H and O–H groups in total. The monoisotopic (exact) mass is 303 g/mol. The number of benzene rings is 2. The van der Waals surface area contributed by atoms with Crippen LogP contribution >= 0.6 is 11.6 Å². The van der Waals surface area contributed by atoms with Crippen molar-refractivity contribution in [1.82, 2.24) is 5.32 Å². The molecule has 2 aromatic carbocycles. The Bertz CT molecular complexity index is 601. The minimum Gasteiger partial charge on any atom is -0.481 e. The first-order valence-electron chi connectivity index (χ1n) is 6.84. The van der Waals surface area contributed by atoms with Gasteiger partial charge < -0.3 is 10.4 Å². The van der Waals surface area contributed by atoms with Crippen molar-refractivity contribution < 1.29 is 9.90 Å². The molecule has 110 valence electrons. The molecule has 4 heteroatoms. The van der Waals surface area contributed by atoms with Gasteiger partial charge in [0.1, 0.15) is 0 Å². The van der Waals surface area contributed by atoms with E-state index in [-0.39, 0.29) is 6.04 Å². The van der Waals surface area contributed by atoms with Crippen LogP contribution in [0, 0.1) is 0 Å². The van der Waals surface area contributed by atoms with Crippen molar-refractivity contribution in [3.8, 4) is 0 Å². The first kappa shape index (κ1) is 15.5. The summed E-state index contributed by atoms with van der Waals surface area (Å²) in [4.78, 5) is 11.4. The molecule has 0 spiro atoms. The molecule has 0 aliphatic rings. The largest absolute Gasteiger partial charge is 0.481 e. The average Bonchev–Trinajstić information content (AvgIpc) is 2.48. The van der Waals surface area contributed by atoms with E-state index in [0.29, 0.717) is 11.6 Å². The van der Waals surface area contributed by atoms with Crippen LogP contribution in [0.1, 0.15) is 30.0 Å². The Morgan fingerprint density at radius 1 is 1.14 bits per heavy atom. The second-order valence-corrected chi connectivity index (χ2v) is 5.42. The number of halogens is 1. The van der Waals surface area contributed by atoms with Crippen LogP contribution in [-0.4, -0.2) is 17.6 Å². The lowest BCUT2D eigenvalue weighted by atomic mass is 9.98. The molecular formula is C17H18ClNO2. The Kier molecular flexibility index (Phi) is 5.37. The molecule has 0 aliphatic heterocycles. The lowest BCUT2D eigenvalue weighted by Gasteiger charge is -2.19. The highest BCUT2D eigenvalue weighted by Crippen LogP contribution is 2.20. The quantitative estimate of drug-likeness (QED) is 0.852. The Hall–Kier alpha value is -1.84. The van der Waals surface area contributed by atoms with Crippen LogP contribution in [0.4, 0.5) is 0 Å². The number of hydrogen-bond acceptors (Lipinski definition) is 2. The van der Waals surface area contributed by atoms with Crippen LogP contribution in [0.25, 0.3) is 0 Å². The van der Waals surface area contributed by atoms with Gasteiger partial charge in [0.05, 0.1) is 5.92 Å². The first-order valence-corrected chi connectivity index (χ1v) is 7.22. The summed E-state index contributed by atoms with van der Waals surface area (Å²) >= 11 is 5.98. The molecule has 2 aromatic rings. The van der Waals surface area contributed by atoms with E-state index in [1.54, 1.807) is 0 Å². The van der Waals surface area contributed by atoms with Gasteiger partial charge in [0.15, 0.2) is 0 Å². The standard InChI is InChI=1S/C17H18ClNO2/c1-12(14-8-5-9-15(18)10-14)19-11-16(17(20)21)13-6-3-2-4-7-13/h2-10,12,16,19H,11H2,1H3,(H,20,21)/t12-,16?/m0/s1. The van der Waals surface area contributed by atoms with Crippen molar-refractivity contribution >= 4 is 17.6 Å². The van der Waals surface area contributed by atoms with E-state index < -0.39 is 11.9 Å². The van der Waals surface area contributed by atoms with E-state index in [1.807, 2.05) is 61.5 Å². The SMILES string of the molecule is C[C@H](NCC(C(=O)O)c1ccccc1)c1cccc(Cl)c1. The molecule has 3 nitrogen and oxygen atoms in total. The maximum atomic E-state index is 11.4. The zero-order chi connectivity index (χ0) is 15.2. The lowest BCUT2D eigenvalue weighted by molar-refractivity contribution is -0.138. The Labute approximate surface area is 129 Å². The highest BCUT2D eigenvalue weighted by molar-refractivity contribution is 6.30. The average molecular weight is 304 g/mol. The zero-order valence-corrected chi connectivity index (χ0v) is 12.5. The fourth-order valence-electron chi connectivity index (χ4n) is 2.22. The summed E-state index contributed by atoms with van der Waals surface area (Å²) < 4.78 is 0. The topological polar surface area (TPSA) is 49.3 Å². The third kappa shape index (κ3) is 4.31. The third-order valence-corrected chi connectivity index (χ3v) is 3.71. The van der Waals surface area contributed by atoms with Gasteiger partial charge in [-0.2, -0.15) is 0 Å². The van der Waals surface area contributed by atoms with Crippen LogP contribution < -0.4 is 5.32 Å². The number of hydrogen-bond donors (Lipinski definition) is 2. The van der Waals surface area contributed by atoms with Gasteiger partial charge in [0.25, 0.3) is 0 Å². The van der Waals surface area contributed by atoms with Gasteiger partial charge in [-0.25, -0.2) is 0 Å². The van der Waals surface area contributed by atoms with E-state index in [0.717, 1.165) is 11.1 Å². The van der Waals surface area contributed by atoms with E-state index in [2.05, 4.69) is 5.32 Å². The smallest absolute Gasteiger partial charge is 0.312 e. The zero-order valence-electron chi connectivity index (χ0n) is 11.8. The molecule has 2 atom stereocenters. The van der Waals surface area contributed by atoms with Gasteiger partial charge in [-0.3, -0.25) is 4.79 Å². The predicted octanol–water partition coefficient (Wildman–Crippen LogP) is 3.86. The number of carboxylic acid groups (broad SMARTS) is 1. The first-order chi connectivity index (χ1) is 10.1. The van der Waals surface area contributed by atoms with E-state index >= 15 is 0 Å². The van der Waals surface area contributed by atoms with E-state index in [9.17, 15) is 9.90 Å². The molecule has 0 saturated carbocycles. The van der Waals surface area contributed by atoms with Gasteiger partial charge in [0, 0.05) is 17.6 Å². The summed E-state index contributed by atoms with van der Waals surface area (Å²) in [5.74, 6) is -1.39. The Balaban J connectivity index is 2.04. The van der Waals surface area contributed by atoms with Gasteiger partial charge >= 0.3 is 5.97 Å². The molecule has 0 aromatic heterocycles. The number of carbonyl (C=O) groups is 1. The number of aliphatic carboxylic acids is 1. The highest BCUT2D eigenvalue weighted by Gasteiger charge is 2.20. The van der Waals surface area contributed by atoms with Crippen LogP contribution in [0.3, 0.4) is 0 Å². The van der Waals surface area contributed by atoms with Crippen LogP contribution in [0.2, 0.25) is 5.02 Å². The van der Waals surface area contributed by atoms with Gasteiger partial charge in [-0.05, 0) is 30.2 Å². The van der Waals surface area contributed by atoms with Crippen LogP contribution in [0.5, 0.6) is 0 Å². The van der Waals surface area contributed by atoms with E-state index in [4.69, 9.17) is 11.6 Å². The minimum absolute atomic E-state index is 0.0364. The molecule has 2 rings (SSSR count). The van der Waals surface area contributed by atoms with Crippen LogP contribution in [-0.2, 0) is 4.79 Å². The number of carboxylic acids is 1. The highest BCUT2D eigenvalue weighted by atomic mass is 35.5. The van der Waals surface area contributed by atoms with Gasteiger partial charge in [0.2, 0.25) is 0 Å². The van der Waals surface area contributed by atoms with Crippen molar-refractivity contribution in [1.29, 1.82) is 0 Å². The van der Waals surface area contributed by atoms with Crippen LogP contribution in [0.15, 0.2) is 54.6 Å². The fourth-order valence-corrected chi connectivity index (χ4v) is 2.42. The summed E-state index contributed by atoms with van der Waals surface area (Å²) in [5, 5.41) is 13.3. The van der Waals surface area contributed by atoms with Crippen molar-refractivity contribution in [3.63, 3.8) is 0 Å². The molecule has 0 fully saturated rings. The maximum absolute atomic E-state index is 11.4. The summed E-state index contributed by atoms with van der Waals surface area (Å²) in [6, 6.07) is 16.9. The second-order valence-electron chi connectivity index (χ2n) is 4.99. The van der Waals surface area contributed by atoms with Crippen molar-refractivity contribution in [2.45, 2.75) is 18.9 Å². The number of rotatable bonds is 6. The summed E-state index contributed by atoms with van der Waals surface area (Å²) in [7, 11) is 0. The summed E-state index contributed by atoms with van der Waals surface area (Å²) in [5.41, 5.74) is 1.84. The molecule has 0 amide bonds. The molecule has 0 saturated heterocycles. The van der Waals surface area contributed by atoms with Crippen molar-refractivity contribution in [2.24, 2.45) is 0 Å². The normalized spacial score (nSPS) is 13.6. The molecule has 1 unspecified atom stereocenters.